The number of halogens is 1. The van der Waals surface area contributed by atoms with Crippen LogP contribution >= 0.6 is 27.7 Å². The van der Waals surface area contributed by atoms with Gasteiger partial charge in [-0.1, -0.05) is 35.2 Å². The fourth-order valence-electron chi connectivity index (χ4n) is 2.31. The maximum atomic E-state index is 11.9. The Bertz CT molecular complexity index is 447. The van der Waals surface area contributed by atoms with Gasteiger partial charge in [0.15, 0.2) is 0 Å². The second-order valence-corrected chi connectivity index (χ2v) is 6.81. The van der Waals surface area contributed by atoms with E-state index in [2.05, 4.69) is 21.2 Å². The molecule has 19 heavy (non-hydrogen) atoms. The van der Waals surface area contributed by atoms with Crippen LogP contribution in [0.2, 0.25) is 0 Å². The van der Waals surface area contributed by atoms with Crippen molar-refractivity contribution < 1.29 is 4.79 Å². The van der Waals surface area contributed by atoms with Crippen molar-refractivity contribution in [1.82, 2.24) is 5.32 Å². The molecule has 1 saturated carbocycles. The fourth-order valence-corrected chi connectivity index (χ4v) is 3.45. The Morgan fingerprint density at radius 2 is 2.11 bits per heavy atom. The van der Waals surface area contributed by atoms with Crippen molar-refractivity contribution in [2.24, 2.45) is 0 Å². The topological polar surface area (TPSA) is 55.1 Å². The van der Waals surface area contributed by atoms with E-state index in [0.29, 0.717) is 17.5 Å². The number of carbonyl (C=O) groups is 1. The summed E-state index contributed by atoms with van der Waals surface area (Å²) in [5, 5.41) is 3.11. The average Bonchev–Trinajstić information content (AvgIpc) is 2.39. The number of amides is 1. The number of hydrogen-bond acceptors (Lipinski definition) is 3. The third-order valence-corrected chi connectivity index (χ3v) is 4.88. The van der Waals surface area contributed by atoms with Crippen LogP contribution in [0.3, 0.4) is 0 Å². The van der Waals surface area contributed by atoms with Crippen molar-refractivity contribution in [2.75, 3.05) is 11.5 Å². The second kappa shape index (κ2) is 7.20. The van der Waals surface area contributed by atoms with Gasteiger partial charge in [-0.2, -0.15) is 0 Å². The molecule has 1 aromatic carbocycles. The highest BCUT2D eigenvalue weighted by atomic mass is 79.9. The van der Waals surface area contributed by atoms with E-state index in [9.17, 15) is 4.79 Å². The number of benzene rings is 1. The molecule has 0 aliphatic heterocycles. The third kappa shape index (κ3) is 4.73. The number of nitrogens with two attached hydrogens (primary N) is 1. The Hall–Kier alpha value is -0.680. The molecule has 5 heteroatoms. The molecule has 1 aliphatic carbocycles. The van der Waals surface area contributed by atoms with Gasteiger partial charge in [-0.3, -0.25) is 4.79 Å². The van der Waals surface area contributed by atoms with Crippen molar-refractivity contribution in [3.8, 4) is 0 Å². The van der Waals surface area contributed by atoms with E-state index < -0.39 is 0 Å². The smallest absolute Gasteiger partial charge is 0.230 e. The zero-order valence-electron chi connectivity index (χ0n) is 10.8. The molecule has 1 fully saturated rings. The van der Waals surface area contributed by atoms with Gasteiger partial charge < -0.3 is 11.1 Å². The van der Waals surface area contributed by atoms with Crippen LogP contribution < -0.4 is 11.1 Å². The molecule has 0 aromatic heterocycles. The van der Waals surface area contributed by atoms with Crippen LogP contribution in [0, 0.1) is 0 Å². The lowest BCUT2D eigenvalue weighted by molar-refractivity contribution is -0.119. The molecular formula is C14H19BrN2OS. The van der Waals surface area contributed by atoms with Gasteiger partial charge in [-0.25, -0.2) is 0 Å². The van der Waals surface area contributed by atoms with Crippen molar-refractivity contribution in [2.45, 2.75) is 43.0 Å². The monoisotopic (exact) mass is 342 g/mol. The summed E-state index contributed by atoms with van der Waals surface area (Å²) in [4.78, 5) is 12.8. The van der Waals surface area contributed by atoms with Gasteiger partial charge >= 0.3 is 0 Å². The summed E-state index contributed by atoms with van der Waals surface area (Å²) in [6.45, 7) is 0. The van der Waals surface area contributed by atoms with Gasteiger partial charge in [0, 0.05) is 21.1 Å². The van der Waals surface area contributed by atoms with E-state index in [1.165, 1.54) is 31.0 Å². The molecular weight excluding hydrogens is 324 g/mol. The Morgan fingerprint density at radius 1 is 1.37 bits per heavy atom. The molecule has 2 rings (SSSR count). The van der Waals surface area contributed by atoms with Crippen molar-refractivity contribution in [3.63, 3.8) is 0 Å². The lowest BCUT2D eigenvalue weighted by atomic mass is 9.95. The second-order valence-electron chi connectivity index (χ2n) is 4.87. The van der Waals surface area contributed by atoms with Gasteiger partial charge in [0.1, 0.15) is 0 Å². The molecule has 0 radical (unpaired) electrons. The van der Waals surface area contributed by atoms with Crippen LogP contribution in [0.15, 0.2) is 27.6 Å². The van der Waals surface area contributed by atoms with Crippen LogP contribution in [0.5, 0.6) is 0 Å². The Morgan fingerprint density at radius 3 is 2.79 bits per heavy atom. The maximum absolute atomic E-state index is 11.9. The van der Waals surface area contributed by atoms with Crippen LogP contribution in [0.4, 0.5) is 5.69 Å². The summed E-state index contributed by atoms with van der Waals surface area (Å²) in [6.07, 6.45) is 6.01. The number of hydrogen-bond donors (Lipinski definition) is 2. The number of thioether (sulfide) groups is 1. The summed E-state index contributed by atoms with van der Waals surface area (Å²) in [6, 6.07) is 6.13. The molecule has 0 unspecified atom stereocenters. The van der Waals surface area contributed by atoms with Crippen LogP contribution in [-0.4, -0.2) is 17.7 Å². The fraction of sp³-hybridized carbons (Fsp3) is 0.500. The molecule has 1 amide bonds. The van der Waals surface area contributed by atoms with Crippen LogP contribution in [0.1, 0.15) is 32.1 Å². The molecule has 0 spiro atoms. The van der Waals surface area contributed by atoms with Gasteiger partial charge in [0.2, 0.25) is 5.91 Å². The minimum atomic E-state index is 0.110. The zero-order chi connectivity index (χ0) is 13.7. The number of anilines is 1. The Kier molecular flexibility index (Phi) is 5.58. The maximum Gasteiger partial charge on any atom is 0.230 e. The van der Waals surface area contributed by atoms with Crippen molar-refractivity contribution in [3.05, 3.63) is 22.7 Å². The van der Waals surface area contributed by atoms with Gasteiger partial charge in [0.05, 0.1) is 5.75 Å². The van der Waals surface area contributed by atoms with Gasteiger partial charge in [0.25, 0.3) is 0 Å². The van der Waals surface area contributed by atoms with E-state index in [0.717, 1.165) is 22.2 Å². The first-order valence-electron chi connectivity index (χ1n) is 6.62. The van der Waals surface area contributed by atoms with Gasteiger partial charge in [-0.15, -0.1) is 11.8 Å². The normalized spacial score (nSPS) is 16.3. The van der Waals surface area contributed by atoms with Crippen molar-refractivity contribution >= 4 is 39.3 Å². The Labute approximate surface area is 126 Å². The van der Waals surface area contributed by atoms with E-state index in [1.807, 2.05) is 18.2 Å². The molecule has 0 heterocycles. The molecule has 0 saturated heterocycles. The minimum absolute atomic E-state index is 0.110. The SMILES string of the molecule is Nc1cc(Br)ccc1SCC(=O)NC1CCCCC1. The summed E-state index contributed by atoms with van der Waals surface area (Å²) < 4.78 is 0.959. The zero-order valence-corrected chi connectivity index (χ0v) is 13.2. The van der Waals surface area contributed by atoms with Gasteiger partial charge in [-0.05, 0) is 31.0 Å². The predicted octanol–water partition coefficient (Wildman–Crippen LogP) is 3.57. The summed E-state index contributed by atoms with van der Waals surface area (Å²) in [7, 11) is 0. The van der Waals surface area contributed by atoms with Crippen LogP contribution in [0.25, 0.3) is 0 Å². The summed E-state index contributed by atoms with van der Waals surface area (Å²) >= 11 is 4.87. The first kappa shape index (κ1) is 14.7. The lowest BCUT2D eigenvalue weighted by Crippen LogP contribution is -2.37. The first-order chi connectivity index (χ1) is 9.15. The number of carbonyl (C=O) groups excluding carboxylic acids is 1. The highest BCUT2D eigenvalue weighted by Gasteiger charge is 2.15. The third-order valence-electron chi connectivity index (χ3n) is 3.30. The molecule has 0 bridgehead atoms. The summed E-state index contributed by atoms with van der Waals surface area (Å²) in [5.74, 6) is 0.543. The largest absolute Gasteiger partial charge is 0.398 e. The van der Waals surface area contributed by atoms with Crippen LogP contribution in [-0.2, 0) is 4.79 Å². The molecule has 104 valence electrons. The highest BCUT2D eigenvalue weighted by Crippen LogP contribution is 2.27. The lowest BCUT2D eigenvalue weighted by Gasteiger charge is -2.22. The van der Waals surface area contributed by atoms with E-state index >= 15 is 0 Å². The minimum Gasteiger partial charge on any atom is -0.398 e. The molecule has 3 N–H and O–H groups in total. The highest BCUT2D eigenvalue weighted by molar-refractivity contribution is 9.10. The average molecular weight is 343 g/mol. The first-order valence-corrected chi connectivity index (χ1v) is 8.40. The number of nitrogen functional groups attached to an aromatic ring is 1. The quantitative estimate of drug-likeness (QED) is 0.649. The predicted molar refractivity (Wildman–Crippen MR) is 84.3 cm³/mol. The molecule has 1 aromatic rings. The summed E-state index contributed by atoms with van der Waals surface area (Å²) in [5.41, 5.74) is 6.62. The number of nitrogens with one attached hydrogen (secondary N) is 1. The standard InChI is InChI=1S/C14H19BrN2OS/c15-10-6-7-13(12(16)8-10)19-9-14(18)17-11-4-2-1-3-5-11/h6-8,11H,1-5,9,16H2,(H,17,18). The van der Waals surface area contributed by atoms with Crippen molar-refractivity contribution in [1.29, 1.82) is 0 Å². The molecule has 3 nitrogen and oxygen atoms in total. The Balaban J connectivity index is 1.79. The van der Waals surface area contributed by atoms with E-state index in [4.69, 9.17) is 5.73 Å². The van der Waals surface area contributed by atoms with E-state index in [-0.39, 0.29) is 5.91 Å². The molecule has 0 atom stereocenters. The van der Waals surface area contributed by atoms with E-state index in [1.54, 1.807) is 0 Å². The molecule has 1 aliphatic rings. The number of rotatable bonds is 4.